The van der Waals surface area contributed by atoms with Crippen LogP contribution in [0.25, 0.3) is 0 Å². The van der Waals surface area contributed by atoms with Crippen LogP contribution in [0.2, 0.25) is 0 Å². The zero-order valence-electron chi connectivity index (χ0n) is 11.0. The molecule has 1 aromatic rings. The van der Waals surface area contributed by atoms with Gasteiger partial charge in [-0.15, -0.1) is 0 Å². The summed E-state index contributed by atoms with van der Waals surface area (Å²) in [6, 6.07) is 3.32. The molecule has 112 valence electrons. The lowest BCUT2D eigenvalue weighted by Crippen LogP contribution is -2.33. The van der Waals surface area contributed by atoms with Crippen molar-refractivity contribution in [3.63, 3.8) is 0 Å². The van der Waals surface area contributed by atoms with Gasteiger partial charge in [0.2, 0.25) is 0 Å². The fourth-order valence-electron chi connectivity index (χ4n) is 2.26. The number of likely N-dealkylation sites (tertiary alicyclic amines) is 1. The smallest absolute Gasteiger partial charge is 0.265 e. The van der Waals surface area contributed by atoms with Crippen molar-refractivity contribution in [3.05, 3.63) is 24.0 Å². The molecule has 1 fully saturated rings. The molecular formula is C13H17ClFNO3S. The normalized spacial score (nSPS) is 17.1. The van der Waals surface area contributed by atoms with Gasteiger partial charge in [0.15, 0.2) is 0 Å². The number of ether oxygens (including phenoxy) is 1. The highest BCUT2D eigenvalue weighted by Crippen LogP contribution is 2.27. The molecule has 20 heavy (non-hydrogen) atoms. The Kier molecular flexibility index (Phi) is 5.23. The second kappa shape index (κ2) is 6.74. The SMILES string of the molecule is O=S(=O)(Cl)c1cc(F)ccc1OCCN1CCCCC1. The van der Waals surface area contributed by atoms with Gasteiger partial charge in [-0.05, 0) is 44.1 Å². The summed E-state index contributed by atoms with van der Waals surface area (Å²) in [6.45, 7) is 3.14. The van der Waals surface area contributed by atoms with E-state index in [4.69, 9.17) is 15.4 Å². The van der Waals surface area contributed by atoms with Gasteiger partial charge in [-0.25, -0.2) is 12.8 Å². The zero-order valence-corrected chi connectivity index (χ0v) is 12.6. The van der Waals surface area contributed by atoms with Crippen molar-refractivity contribution in [1.29, 1.82) is 0 Å². The highest BCUT2D eigenvalue weighted by atomic mass is 35.7. The molecule has 1 saturated heterocycles. The van der Waals surface area contributed by atoms with Crippen LogP contribution in [0.5, 0.6) is 5.75 Å². The number of rotatable bonds is 5. The van der Waals surface area contributed by atoms with Crippen LogP contribution in [0.4, 0.5) is 4.39 Å². The van der Waals surface area contributed by atoms with E-state index >= 15 is 0 Å². The van der Waals surface area contributed by atoms with E-state index in [0.717, 1.165) is 31.8 Å². The van der Waals surface area contributed by atoms with E-state index in [1.165, 1.54) is 25.3 Å². The summed E-state index contributed by atoms with van der Waals surface area (Å²) >= 11 is 0. The molecule has 0 radical (unpaired) electrons. The first-order valence-electron chi connectivity index (χ1n) is 6.56. The molecule has 4 nitrogen and oxygen atoms in total. The maximum Gasteiger partial charge on any atom is 0.265 e. The third-order valence-electron chi connectivity index (χ3n) is 3.28. The summed E-state index contributed by atoms with van der Waals surface area (Å²) in [6.07, 6.45) is 3.61. The Balaban J connectivity index is 1.98. The first kappa shape index (κ1) is 15.5. The monoisotopic (exact) mass is 321 g/mol. The Morgan fingerprint density at radius 3 is 2.60 bits per heavy atom. The number of nitrogens with zero attached hydrogens (tertiary/aromatic N) is 1. The van der Waals surface area contributed by atoms with Crippen molar-refractivity contribution in [1.82, 2.24) is 4.90 Å². The van der Waals surface area contributed by atoms with Gasteiger partial charge in [0.25, 0.3) is 9.05 Å². The molecule has 0 aromatic heterocycles. The highest BCUT2D eigenvalue weighted by Gasteiger charge is 2.18. The molecule has 2 rings (SSSR count). The Bertz CT molecular complexity index is 559. The molecule has 0 bridgehead atoms. The molecular weight excluding hydrogens is 305 g/mol. The van der Waals surface area contributed by atoms with E-state index in [9.17, 15) is 12.8 Å². The van der Waals surface area contributed by atoms with Crippen LogP contribution >= 0.6 is 10.7 Å². The molecule has 0 unspecified atom stereocenters. The third kappa shape index (κ3) is 4.33. The summed E-state index contributed by atoms with van der Waals surface area (Å²) in [7, 11) is 1.26. The van der Waals surface area contributed by atoms with Gasteiger partial charge < -0.3 is 4.74 Å². The minimum absolute atomic E-state index is 0.0957. The van der Waals surface area contributed by atoms with Gasteiger partial charge in [0.1, 0.15) is 23.1 Å². The van der Waals surface area contributed by atoms with Crippen LogP contribution in [0.1, 0.15) is 19.3 Å². The second-order valence-corrected chi connectivity index (χ2v) is 7.31. The number of piperidine rings is 1. The largest absolute Gasteiger partial charge is 0.491 e. The Morgan fingerprint density at radius 2 is 1.95 bits per heavy atom. The van der Waals surface area contributed by atoms with Crippen LogP contribution < -0.4 is 4.74 Å². The summed E-state index contributed by atoms with van der Waals surface area (Å²) < 4.78 is 41.3. The average molecular weight is 322 g/mol. The van der Waals surface area contributed by atoms with E-state index < -0.39 is 14.9 Å². The molecule has 1 aliphatic heterocycles. The van der Waals surface area contributed by atoms with Gasteiger partial charge in [0, 0.05) is 17.2 Å². The molecule has 1 heterocycles. The summed E-state index contributed by atoms with van der Waals surface area (Å²) in [5.41, 5.74) is 0. The topological polar surface area (TPSA) is 46.6 Å². The van der Waals surface area contributed by atoms with Gasteiger partial charge >= 0.3 is 0 Å². The van der Waals surface area contributed by atoms with Gasteiger partial charge in [-0.1, -0.05) is 6.42 Å². The number of hydrogen-bond acceptors (Lipinski definition) is 4. The van der Waals surface area contributed by atoms with Crippen molar-refractivity contribution in [3.8, 4) is 5.75 Å². The molecule has 0 atom stereocenters. The predicted octanol–water partition coefficient (Wildman–Crippen LogP) is 2.62. The van der Waals surface area contributed by atoms with E-state index in [-0.39, 0.29) is 10.6 Å². The Labute approximate surface area is 122 Å². The number of halogens is 2. The first-order valence-corrected chi connectivity index (χ1v) is 8.87. The highest BCUT2D eigenvalue weighted by molar-refractivity contribution is 8.13. The average Bonchev–Trinajstić information content (AvgIpc) is 2.40. The Morgan fingerprint density at radius 1 is 1.25 bits per heavy atom. The second-order valence-electron chi connectivity index (χ2n) is 4.78. The zero-order chi connectivity index (χ0) is 14.6. The molecule has 1 aromatic carbocycles. The molecule has 0 amide bonds. The number of benzene rings is 1. The molecule has 7 heteroatoms. The van der Waals surface area contributed by atoms with Crippen molar-refractivity contribution in [2.75, 3.05) is 26.2 Å². The van der Waals surface area contributed by atoms with Crippen LogP contribution in [-0.2, 0) is 9.05 Å². The first-order chi connectivity index (χ1) is 9.47. The van der Waals surface area contributed by atoms with Gasteiger partial charge in [-0.2, -0.15) is 0 Å². The van der Waals surface area contributed by atoms with Gasteiger partial charge in [-0.3, -0.25) is 4.90 Å². The van der Waals surface area contributed by atoms with E-state index in [2.05, 4.69) is 4.90 Å². The van der Waals surface area contributed by atoms with Crippen LogP contribution in [0.3, 0.4) is 0 Å². The number of hydrogen-bond donors (Lipinski definition) is 0. The van der Waals surface area contributed by atoms with Gasteiger partial charge in [0.05, 0.1) is 0 Å². The Hall–Kier alpha value is -0.850. The van der Waals surface area contributed by atoms with Crippen molar-refractivity contribution in [2.24, 2.45) is 0 Å². The van der Waals surface area contributed by atoms with Crippen LogP contribution in [-0.4, -0.2) is 39.6 Å². The fraction of sp³-hybridized carbons (Fsp3) is 0.538. The third-order valence-corrected chi connectivity index (χ3v) is 4.63. The predicted molar refractivity (Wildman–Crippen MR) is 75.2 cm³/mol. The molecule has 0 aliphatic carbocycles. The maximum atomic E-state index is 13.1. The van der Waals surface area contributed by atoms with Crippen LogP contribution in [0.15, 0.2) is 23.1 Å². The van der Waals surface area contributed by atoms with Crippen molar-refractivity contribution >= 4 is 19.7 Å². The molecule has 1 aliphatic rings. The van der Waals surface area contributed by atoms with Crippen LogP contribution in [0, 0.1) is 5.82 Å². The quantitative estimate of drug-likeness (QED) is 0.782. The lowest BCUT2D eigenvalue weighted by molar-refractivity contribution is 0.181. The van der Waals surface area contributed by atoms with E-state index in [1.54, 1.807) is 0 Å². The molecule has 0 N–H and O–H groups in total. The summed E-state index contributed by atoms with van der Waals surface area (Å²) in [4.78, 5) is 1.94. The minimum atomic E-state index is -4.02. The summed E-state index contributed by atoms with van der Waals surface area (Å²) in [5.74, 6) is -0.564. The maximum absolute atomic E-state index is 13.1. The summed E-state index contributed by atoms with van der Waals surface area (Å²) in [5, 5.41) is 0. The lowest BCUT2D eigenvalue weighted by Gasteiger charge is -2.26. The molecule has 0 saturated carbocycles. The van der Waals surface area contributed by atoms with Crippen molar-refractivity contribution < 1.29 is 17.5 Å². The van der Waals surface area contributed by atoms with E-state index in [1.807, 2.05) is 0 Å². The lowest BCUT2D eigenvalue weighted by atomic mass is 10.1. The minimum Gasteiger partial charge on any atom is -0.491 e. The molecule has 0 spiro atoms. The van der Waals surface area contributed by atoms with E-state index in [0.29, 0.717) is 6.61 Å². The van der Waals surface area contributed by atoms with Crippen molar-refractivity contribution in [2.45, 2.75) is 24.2 Å². The fourth-order valence-corrected chi connectivity index (χ4v) is 3.24. The standard InChI is InChI=1S/C13H17ClFNO3S/c14-20(17,18)13-10-11(15)4-5-12(13)19-9-8-16-6-2-1-3-7-16/h4-5,10H,1-3,6-9H2.